The number of aliphatic carboxylic acids is 1. The van der Waals surface area contributed by atoms with Gasteiger partial charge in [-0.05, 0) is 26.3 Å². The fraction of sp³-hybridized carbons (Fsp3) is 0.769. The van der Waals surface area contributed by atoms with Crippen LogP contribution in [0.25, 0.3) is 0 Å². The van der Waals surface area contributed by atoms with Gasteiger partial charge in [-0.3, -0.25) is 4.90 Å². The number of aliphatic hydroxyl groups is 1. The number of likely N-dealkylation sites (N-methyl/N-ethyl adjacent to an activating group) is 1. The highest BCUT2D eigenvalue weighted by Crippen LogP contribution is 2.29. The van der Waals surface area contributed by atoms with Crippen molar-refractivity contribution in [2.24, 2.45) is 0 Å². The Kier molecular flexibility index (Phi) is 5.15. The van der Waals surface area contributed by atoms with Gasteiger partial charge in [-0.2, -0.15) is 0 Å². The van der Waals surface area contributed by atoms with Gasteiger partial charge >= 0.3 is 5.97 Å². The predicted octanol–water partition coefficient (Wildman–Crippen LogP) is 1.64. The molecule has 0 heterocycles. The molecule has 0 atom stereocenters. The van der Waals surface area contributed by atoms with Crippen LogP contribution in [0.2, 0.25) is 0 Å². The standard InChI is InChI=1S/C13H23NO3/c1-3-11(12(15)16)6-9-14(2)10-13(17)7-4-5-8-13/h6,17H,3-5,7-10H2,1-2H3,(H,15,16). The lowest BCUT2D eigenvalue weighted by atomic mass is 10.0. The molecule has 1 rings (SSSR count). The maximum absolute atomic E-state index is 10.8. The van der Waals surface area contributed by atoms with Crippen LogP contribution in [0.3, 0.4) is 0 Å². The van der Waals surface area contributed by atoms with Gasteiger partial charge < -0.3 is 10.2 Å². The average molecular weight is 241 g/mol. The first kappa shape index (κ1) is 14.2. The lowest BCUT2D eigenvalue weighted by Gasteiger charge is -2.27. The molecule has 0 aromatic heterocycles. The van der Waals surface area contributed by atoms with Crippen molar-refractivity contribution < 1.29 is 15.0 Å². The van der Waals surface area contributed by atoms with Gasteiger partial charge in [0.05, 0.1) is 5.60 Å². The molecule has 0 saturated heterocycles. The molecule has 17 heavy (non-hydrogen) atoms. The van der Waals surface area contributed by atoms with E-state index in [0.717, 1.165) is 25.7 Å². The number of hydrogen-bond donors (Lipinski definition) is 2. The summed E-state index contributed by atoms with van der Waals surface area (Å²) in [7, 11) is 1.92. The van der Waals surface area contributed by atoms with Crippen LogP contribution in [-0.2, 0) is 4.79 Å². The maximum atomic E-state index is 10.8. The second-order valence-electron chi connectivity index (χ2n) is 5.02. The zero-order valence-electron chi connectivity index (χ0n) is 10.8. The quantitative estimate of drug-likeness (QED) is 0.694. The van der Waals surface area contributed by atoms with Gasteiger partial charge in [0.25, 0.3) is 0 Å². The van der Waals surface area contributed by atoms with Crippen LogP contribution in [0.4, 0.5) is 0 Å². The molecule has 1 fully saturated rings. The second kappa shape index (κ2) is 6.17. The van der Waals surface area contributed by atoms with Crippen molar-refractivity contribution in [1.29, 1.82) is 0 Å². The van der Waals surface area contributed by atoms with Crippen molar-refractivity contribution in [3.05, 3.63) is 11.6 Å². The topological polar surface area (TPSA) is 60.8 Å². The Morgan fingerprint density at radius 1 is 1.41 bits per heavy atom. The summed E-state index contributed by atoms with van der Waals surface area (Å²) < 4.78 is 0. The third-order valence-electron chi connectivity index (χ3n) is 3.40. The Hall–Kier alpha value is -0.870. The summed E-state index contributed by atoms with van der Waals surface area (Å²) in [5.74, 6) is -0.847. The van der Waals surface area contributed by atoms with E-state index in [1.807, 2.05) is 18.9 Å². The van der Waals surface area contributed by atoms with E-state index >= 15 is 0 Å². The van der Waals surface area contributed by atoms with E-state index in [-0.39, 0.29) is 0 Å². The fourth-order valence-electron chi connectivity index (χ4n) is 2.41. The minimum Gasteiger partial charge on any atom is -0.478 e. The number of carbonyl (C=O) groups is 1. The highest BCUT2D eigenvalue weighted by atomic mass is 16.4. The van der Waals surface area contributed by atoms with Gasteiger partial charge in [-0.15, -0.1) is 0 Å². The lowest BCUT2D eigenvalue weighted by Crippen LogP contribution is -2.39. The highest BCUT2D eigenvalue weighted by molar-refractivity contribution is 5.86. The molecule has 0 bridgehead atoms. The first-order valence-electron chi connectivity index (χ1n) is 6.30. The molecular weight excluding hydrogens is 218 g/mol. The third kappa shape index (κ3) is 4.48. The van der Waals surface area contributed by atoms with Crippen LogP contribution in [0.5, 0.6) is 0 Å². The zero-order valence-corrected chi connectivity index (χ0v) is 10.8. The molecule has 2 N–H and O–H groups in total. The summed E-state index contributed by atoms with van der Waals surface area (Å²) in [6.07, 6.45) is 6.18. The van der Waals surface area contributed by atoms with E-state index in [2.05, 4.69) is 0 Å². The first-order chi connectivity index (χ1) is 7.97. The van der Waals surface area contributed by atoms with E-state index < -0.39 is 11.6 Å². The minimum absolute atomic E-state index is 0.440. The van der Waals surface area contributed by atoms with Crippen LogP contribution < -0.4 is 0 Å². The summed E-state index contributed by atoms with van der Waals surface area (Å²) in [6, 6.07) is 0. The molecular formula is C13H23NO3. The molecule has 1 aliphatic carbocycles. The maximum Gasteiger partial charge on any atom is 0.331 e. The van der Waals surface area contributed by atoms with Crippen molar-refractivity contribution in [3.8, 4) is 0 Å². The molecule has 0 amide bonds. The van der Waals surface area contributed by atoms with Crippen LogP contribution in [0.15, 0.2) is 11.6 Å². The number of rotatable bonds is 6. The molecule has 1 saturated carbocycles. The van der Waals surface area contributed by atoms with E-state index in [0.29, 0.717) is 25.1 Å². The second-order valence-corrected chi connectivity index (χ2v) is 5.02. The number of nitrogens with zero attached hydrogens (tertiary/aromatic N) is 1. The van der Waals surface area contributed by atoms with Crippen LogP contribution in [0, 0.1) is 0 Å². The van der Waals surface area contributed by atoms with Gasteiger partial charge in [-0.1, -0.05) is 25.8 Å². The van der Waals surface area contributed by atoms with E-state index in [9.17, 15) is 9.90 Å². The monoisotopic (exact) mass is 241 g/mol. The average Bonchev–Trinajstić information content (AvgIpc) is 2.65. The Bertz CT molecular complexity index is 293. The SMILES string of the molecule is CCC(=CCN(C)CC1(O)CCCC1)C(=O)O. The van der Waals surface area contributed by atoms with Crippen molar-refractivity contribution in [1.82, 2.24) is 4.90 Å². The molecule has 0 unspecified atom stereocenters. The summed E-state index contributed by atoms with van der Waals surface area (Å²) in [6.45, 7) is 3.04. The molecule has 4 heteroatoms. The zero-order chi connectivity index (χ0) is 12.9. The Morgan fingerprint density at radius 2 is 2.00 bits per heavy atom. The predicted molar refractivity (Wildman–Crippen MR) is 66.9 cm³/mol. The summed E-state index contributed by atoms with van der Waals surface area (Å²) in [5, 5.41) is 19.1. The summed E-state index contributed by atoms with van der Waals surface area (Å²) in [4.78, 5) is 12.8. The summed E-state index contributed by atoms with van der Waals surface area (Å²) in [5.41, 5.74) is -0.117. The van der Waals surface area contributed by atoms with Gasteiger partial charge in [0.2, 0.25) is 0 Å². The molecule has 0 aliphatic heterocycles. The minimum atomic E-state index is -0.847. The van der Waals surface area contributed by atoms with E-state index in [1.165, 1.54) is 0 Å². The van der Waals surface area contributed by atoms with Crippen molar-refractivity contribution >= 4 is 5.97 Å². The number of hydrogen-bond acceptors (Lipinski definition) is 3. The normalized spacial score (nSPS) is 19.9. The van der Waals surface area contributed by atoms with Crippen molar-refractivity contribution in [2.45, 2.75) is 44.6 Å². The fourth-order valence-corrected chi connectivity index (χ4v) is 2.41. The van der Waals surface area contributed by atoms with Crippen molar-refractivity contribution in [2.75, 3.05) is 20.1 Å². The van der Waals surface area contributed by atoms with Gasteiger partial charge in [0.15, 0.2) is 0 Å². The number of carboxylic acid groups (broad SMARTS) is 1. The molecule has 0 aromatic carbocycles. The number of carboxylic acids is 1. The Labute approximate surface area is 103 Å². The molecule has 0 spiro atoms. The van der Waals surface area contributed by atoms with Gasteiger partial charge in [0.1, 0.15) is 0 Å². The first-order valence-corrected chi connectivity index (χ1v) is 6.30. The molecule has 0 radical (unpaired) electrons. The lowest BCUT2D eigenvalue weighted by molar-refractivity contribution is -0.132. The summed E-state index contributed by atoms with van der Waals surface area (Å²) >= 11 is 0. The molecule has 98 valence electrons. The van der Waals surface area contributed by atoms with Crippen molar-refractivity contribution in [3.63, 3.8) is 0 Å². The third-order valence-corrected chi connectivity index (χ3v) is 3.40. The van der Waals surface area contributed by atoms with Gasteiger partial charge in [-0.25, -0.2) is 4.79 Å². The highest BCUT2D eigenvalue weighted by Gasteiger charge is 2.31. The van der Waals surface area contributed by atoms with Crippen LogP contribution in [-0.4, -0.2) is 46.8 Å². The van der Waals surface area contributed by atoms with E-state index in [1.54, 1.807) is 6.08 Å². The van der Waals surface area contributed by atoms with Crippen LogP contribution in [0.1, 0.15) is 39.0 Å². The van der Waals surface area contributed by atoms with Gasteiger partial charge in [0, 0.05) is 18.7 Å². The largest absolute Gasteiger partial charge is 0.478 e. The van der Waals surface area contributed by atoms with Crippen LogP contribution >= 0.6 is 0 Å². The molecule has 4 nitrogen and oxygen atoms in total. The molecule has 0 aromatic rings. The Balaban J connectivity index is 2.43. The smallest absolute Gasteiger partial charge is 0.331 e. The van der Waals surface area contributed by atoms with E-state index in [4.69, 9.17) is 5.11 Å². The molecule has 1 aliphatic rings. The Morgan fingerprint density at radius 3 is 2.47 bits per heavy atom.